The van der Waals surface area contributed by atoms with Crippen LogP contribution in [0.3, 0.4) is 0 Å². The van der Waals surface area contributed by atoms with E-state index in [0.29, 0.717) is 10.6 Å². The van der Waals surface area contributed by atoms with Crippen LogP contribution in [-0.2, 0) is 14.7 Å². The molecule has 0 aromatic heterocycles. The monoisotopic (exact) mass is 264 g/mol. The van der Waals surface area contributed by atoms with Crippen LogP contribution in [0, 0.1) is 0 Å². The molecule has 0 radical (unpaired) electrons. The van der Waals surface area contributed by atoms with Gasteiger partial charge in [0, 0.05) is 0 Å². The second kappa shape index (κ2) is 3.95. The fourth-order valence-electron chi connectivity index (χ4n) is 2.05. The lowest BCUT2D eigenvalue weighted by Crippen LogP contribution is -2.40. The molecule has 17 heavy (non-hydrogen) atoms. The Labute approximate surface area is 98.0 Å². The lowest BCUT2D eigenvalue weighted by molar-refractivity contribution is -0.0213. The first kappa shape index (κ1) is 12.3. The average Bonchev–Trinajstić information content (AvgIpc) is 2.48. The van der Waals surface area contributed by atoms with E-state index in [-0.39, 0.29) is 13.2 Å². The van der Waals surface area contributed by atoms with Crippen molar-refractivity contribution in [3.05, 3.63) is 11.6 Å². The summed E-state index contributed by atoms with van der Waals surface area (Å²) in [5, 5.41) is 9.71. The van der Waals surface area contributed by atoms with E-state index >= 15 is 0 Å². The fourth-order valence-corrected chi connectivity index (χ4v) is 2.42. The minimum absolute atomic E-state index is 0.224. The Bertz CT molecular complexity index is 472. The number of carbonyl (C=O) groups is 1. The van der Waals surface area contributed by atoms with Gasteiger partial charge in [0.1, 0.15) is 6.04 Å². The van der Waals surface area contributed by atoms with E-state index in [1.807, 2.05) is 0 Å². The largest absolute Gasteiger partial charge is 0.418 e. The van der Waals surface area contributed by atoms with E-state index in [0.717, 1.165) is 0 Å². The van der Waals surface area contributed by atoms with Crippen LogP contribution in [0.5, 0.6) is 0 Å². The highest BCUT2D eigenvalue weighted by molar-refractivity contribution is 7.80. The molecule has 2 N–H and O–H groups in total. The van der Waals surface area contributed by atoms with Crippen LogP contribution in [-0.4, -0.2) is 59.3 Å². The van der Waals surface area contributed by atoms with Gasteiger partial charge >= 0.3 is 16.4 Å². The van der Waals surface area contributed by atoms with Crippen LogP contribution in [0.1, 0.15) is 6.92 Å². The molecule has 9 heteroatoms. The molecular formula is C8H12N2O6S. The zero-order chi connectivity index (χ0) is 12.8. The molecule has 0 aliphatic carbocycles. The zero-order valence-electron chi connectivity index (χ0n) is 8.98. The predicted molar refractivity (Wildman–Crippen MR) is 55.0 cm³/mol. The van der Waals surface area contributed by atoms with Crippen LogP contribution in [0.2, 0.25) is 0 Å². The van der Waals surface area contributed by atoms with Gasteiger partial charge in [-0.1, -0.05) is 6.08 Å². The van der Waals surface area contributed by atoms with Crippen molar-refractivity contribution in [2.45, 2.75) is 19.0 Å². The highest BCUT2D eigenvalue weighted by Gasteiger charge is 2.46. The van der Waals surface area contributed by atoms with Crippen LogP contribution in [0.25, 0.3) is 0 Å². The van der Waals surface area contributed by atoms with E-state index < -0.39 is 28.5 Å². The Morgan fingerprint density at radius 1 is 1.59 bits per heavy atom. The topological polar surface area (TPSA) is 107 Å². The Kier molecular flexibility index (Phi) is 2.86. The molecule has 96 valence electrons. The molecule has 2 aliphatic rings. The van der Waals surface area contributed by atoms with Crippen LogP contribution in [0.15, 0.2) is 11.6 Å². The molecular weight excluding hydrogens is 252 g/mol. The summed E-state index contributed by atoms with van der Waals surface area (Å²) in [7, 11) is -4.74. The van der Waals surface area contributed by atoms with Crippen molar-refractivity contribution >= 4 is 16.4 Å². The van der Waals surface area contributed by atoms with Gasteiger partial charge in [-0.15, -0.1) is 4.28 Å². The predicted octanol–water partition coefficient (Wildman–Crippen LogP) is -0.852. The first-order valence-corrected chi connectivity index (χ1v) is 6.26. The molecule has 1 fully saturated rings. The molecule has 2 atom stereocenters. The standard InChI is InChI=1S/C8H12N2O6S/c1-5-2-6(4-11)9-3-7(5)10(8(9)12)16-17(13,14)15/h2,6-7,11H,3-4H2,1H3,(H,13,14,15)/t6-,7+/m0/s1. The smallest absolute Gasteiger partial charge is 0.394 e. The van der Waals surface area contributed by atoms with Crippen molar-refractivity contribution in [3.8, 4) is 0 Å². The third kappa shape index (κ3) is 2.14. The van der Waals surface area contributed by atoms with Gasteiger partial charge in [0.05, 0.1) is 19.2 Å². The number of carbonyl (C=O) groups excluding carboxylic acids is 1. The third-order valence-corrected chi connectivity index (χ3v) is 3.18. The third-order valence-electron chi connectivity index (χ3n) is 2.83. The van der Waals surface area contributed by atoms with E-state index in [9.17, 15) is 13.2 Å². The Balaban J connectivity index is 2.29. The van der Waals surface area contributed by atoms with Gasteiger partial charge in [0.2, 0.25) is 0 Å². The molecule has 2 aliphatic heterocycles. The highest BCUT2D eigenvalue weighted by Crippen LogP contribution is 2.30. The minimum Gasteiger partial charge on any atom is -0.394 e. The summed E-state index contributed by atoms with van der Waals surface area (Å²) in [6.45, 7) is 1.67. The summed E-state index contributed by atoms with van der Waals surface area (Å²) >= 11 is 0. The van der Waals surface area contributed by atoms with Crippen molar-refractivity contribution < 1.29 is 27.2 Å². The van der Waals surface area contributed by atoms with Gasteiger partial charge in [-0.25, -0.2) is 4.79 Å². The summed E-state index contributed by atoms with van der Waals surface area (Å²) in [5.41, 5.74) is 0.704. The number of amides is 2. The minimum atomic E-state index is -4.74. The number of nitrogens with zero attached hydrogens (tertiary/aromatic N) is 2. The van der Waals surface area contributed by atoms with E-state index in [1.165, 1.54) is 4.90 Å². The molecule has 0 unspecified atom stereocenters. The molecule has 2 amide bonds. The second-order valence-corrected chi connectivity index (χ2v) is 4.94. The van der Waals surface area contributed by atoms with E-state index in [2.05, 4.69) is 4.28 Å². The summed E-state index contributed by atoms with van der Waals surface area (Å²) in [6, 6.07) is -1.75. The van der Waals surface area contributed by atoms with Crippen molar-refractivity contribution in [2.75, 3.05) is 13.2 Å². The van der Waals surface area contributed by atoms with Gasteiger partial charge in [0.25, 0.3) is 0 Å². The van der Waals surface area contributed by atoms with Gasteiger partial charge in [-0.05, 0) is 12.5 Å². The molecule has 8 nitrogen and oxygen atoms in total. The quantitative estimate of drug-likeness (QED) is 0.507. The summed E-state index contributed by atoms with van der Waals surface area (Å²) < 4.78 is 34.1. The summed E-state index contributed by atoms with van der Waals surface area (Å²) in [6.07, 6.45) is 1.67. The van der Waals surface area contributed by atoms with Gasteiger partial charge in [0.15, 0.2) is 0 Å². The number of rotatable bonds is 3. The van der Waals surface area contributed by atoms with Crippen molar-refractivity contribution in [2.24, 2.45) is 0 Å². The number of urea groups is 1. The van der Waals surface area contributed by atoms with E-state index in [1.54, 1.807) is 13.0 Å². The Morgan fingerprint density at radius 3 is 2.76 bits per heavy atom. The normalized spacial score (nSPS) is 28.6. The maximum Gasteiger partial charge on any atom is 0.418 e. The first-order chi connectivity index (χ1) is 7.83. The Morgan fingerprint density at radius 2 is 2.24 bits per heavy atom. The van der Waals surface area contributed by atoms with Crippen molar-refractivity contribution in [3.63, 3.8) is 0 Å². The van der Waals surface area contributed by atoms with Crippen molar-refractivity contribution in [1.82, 2.24) is 9.96 Å². The maximum absolute atomic E-state index is 11.8. The molecule has 2 rings (SSSR count). The van der Waals surface area contributed by atoms with Gasteiger partial charge in [-0.2, -0.15) is 13.5 Å². The molecule has 0 spiro atoms. The van der Waals surface area contributed by atoms with Crippen LogP contribution in [0.4, 0.5) is 4.79 Å². The van der Waals surface area contributed by atoms with Crippen LogP contribution < -0.4 is 0 Å². The first-order valence-electron chi connectivity index (χ1n) is 4.89. The van der Waals surface area contributed by atoms with Crippen molar-refractivity contribution in [1.29, 1.82) is 0 Å². The number of aliphatic hydroxyl groups is 1. The number of hydrogen-bond donors (Lipinski definition) is 2. The number of hydrogen-bond acceptors (Lipinski definition) is 5. The molecule has 2 bridgehead atoms. The number of fused-ring (bicyclic) bond motifs is 2. The fraction of sp³-hybridized carbons (Fsp3) is 0.625. The summed E-state index contributed by atoms with van der Waals surface area (Å²) in [4.78, 5) is 13.1. The van der Waals surface area contributed by atoms with Gasteiger partial charge < -0.3 is 10.0 Å². The molecule has 2 heterocycles. The second-order valence-electron chi connectivity index (χ2n) is 3.94. The van der Waals surface area contributed by atoms with E-state index in [4.69, 9.17) is 9.66 Å². The SMILES string of the molecule is CC1=C[C@@H](CO)N2C[C@H]1N(OS(=O)(=O)O)C2=O. The maximum atomic E-state index is 11.8. The summed E-state index contributed by atoms with van der Waals surface area (Å²) in [5.74, 6) is 0. The average molecular weight is 264 g/mol. The lowest BCUT2D eigenvalue weighted by atomic mass is 10.0. The molecule has 0 aromatic carbocycles. The zero-order valence-corrected chi connectivity index (χ0v) is 9.79. The number of aliphatic hydroxyl groups excluding tert-OH is 1. The van der Waals surface area contributed by atoms with Crippen LogP contribution >= 0.6 is 0 Å². The molecule has 0 aromatic rings. The van der Waals surface area contributed by atoms with Gasteiger partial charge in [-0.3, -0.25) is 4.55 Å². The highest BCUT2D eigenvalue weighted by atomic mass is 32.3. The molecule has 1 saturated heterocycles. The lowest BCUT2D eigenvalue weighted by Gasteiger charge is -2.26. The Hall–Kier alpha value is -1.16. The molecule has 0 saturated carbocycles. The number of hydroxylamine groups is 2.